The molecule has 0 atom stereocenters. The number of rotatable bonds is 0. The SMILES string of the molecule is CC(C)(C)c1cc2c(cc1C(C)(C)C)-c1nc-2nc2[n-]c(nc3nc(nc4[n-]c(n1)c1cc(C(C)(C)C)c(C(C)(C)C)cc41)-c1cc(C(C)(C)C)c(C(C)(C)C)cc1-3)c1cc(C(C)(C)C)c(C(C)(C)C)cc21.[Zn+2]. The van der Waals surface area contributed by atoms with E-state index < -0.39 is 0 Å². The first kappa shape index (κ1) is 54.1. The van der Waals surface area contributed by atoms with Crippen LogP contribution in [0.3, 0.4) is 0 Å². The molecule has 0 spiro atoms. The number of hydrogen-bond donors (Lipinski definition) is 0. The van der Waals surface area contributed by atoms with E-state index in [0.29, 0.717) is 45.9 Å². The molecule has 9 heteroatoms. The van der Waals surface area contributed by atoms with Crippen molar-refractivity contribution < 1.29 is 19.5 Å². The van der Waals surface area contributed by atoms with Gasteiger partial charge in [0.25, 0.3) is 0 Å². The number of nitrogens with zero attached hydrogens (tertiary/aromatic N) is 8. The minimum absolute atomic E-state index is 0. The zero-order valence-electron chi connectivity index (χ0n) is 48.9. The molecule has 378 valence electrons. The van der Waals surface area contributed by atoms with E-state index in [2.05, 4.69) is 215 Å². The quantitative estimate of drug-likeness (QED) is 0.138. The number of benzene rings is 4. The van der Waals surface area contributed by atoms with Crippen LogP contribution in [0, 0.1) is 0 Å². The Labute approximate surface area is 449 Å². The maximum Gasteiger partial charge on any atom is 2.00 e. The molecule has 0 aliphatic carbocycles. The summed E-state index contributed by atoms with van der Waals surface area (Å²) in [7, 11) is 0. The fourth-order valence-electron chi connectivity index (χ4n) is 10.8. The third-order valence-corrected chi connectivity index (χ3v) is 14.7. The van der Waals surface area contributed by atoms with E-state index >= 15 is 0 Å². The van der Waals surface area contributed by atoms with Crippen molar-refractivity contribution in [3.63, 3.8) is 0 Å². The summed E-state index contributed by atoms with van der Waals surface area (Å²) < 4.78 is 0. The fraction of sp³-hybridized carbons (Fsp3) is 0.500. The third kappa shape index (κ3) is 9.64. The van der Waals surface area contributed by atoms with Gasteiger partial charge in [-0.25, -0.2) is 9.97 Å². The van der Waals surface area contributed by atoms with Gasteiger partial charge in [-0.3, -0.25) is 0 Å². The molecule has 0 radical (unpaired) electrons. The second-order valence-corrected chi connectivity index (χ2v) is 29.3. The van der Waals surface area contributed by atoms with Crippen LogP contribution in [0.2, 0.25) is 0 Å². The molecule has 0 saturated heterocycles. The molecule has 9 rings (SSSR count). The van der Waals surface area contributed by atoms with Crippen LogP contribution in [0.4, 0.5) is 0 Å². The number of aromatic nitrogens is 8. The molecule has 0 unspecified atom stereocenters. The number of hydrogen-bond acceptors (Lipinski definition) is 6. The Hall–Kier alpha value is -5.14. The summed E-state index contributed by atoms with van der Waals surface area (Å²) in [5.41, 5.74) is 14.7. The molecule has 8 bridgehead atoms. The summed E-state index contributed by atoms with van der Waals surface area (Å²) >= 11 is 0. The fourth-order valence-corrected chi connectivity index (χ4v) is 10.8. The van der Waals surface area contributed by atoms with E-state index in [-0.39, 0.29) is 62.8 Å². The van der Waals surface area contributed by atoms with Crippen LogP contribution in [0.1, 0.15) is 211 Å². The zero-order valence-corrected chi connectivity index (χ0v) is 51.9. The molecule has 2 aliphatic rings. The first-order valence-electron chi connectivity index (χ1n) is 26.2. The van der Waals surface area contributed by atoms with Gasteiger partial charge in [-0.2, -0.15) is 0 Å². The van der Waals surface area contributed by atoms with Gasteiger partial charge in [-0.1, -0.05) is 166 Å². The molecule has 0 saturated carbocycles. The zero-order chi connectivity index (χ0) is 53.2. The first-order valence-corrected chi connectivity index (χ1v) is 26.2. The molecule has 8 nitrogen and oxygen atoms in total. The van der Waals surface area contributed by atoms with Crippen LogP contribution in [-0.2, 0) is 62.8 Å². The predicted octanol–water partition coefficient (Wildman–Crippen LogP) is 16.5. The van der Waals surface area contributed by atoms with Gasteiger partial charge in [-0.05, 0) is 158 Å². The molecule has 4 aromatic carbocycles. The monoisotopic (exact) mass is 1020 g/mol. The van der Waals surface area contributed by atoms with Crippen molar-refractivity contribution in [3.05, 3.63) is 93.0 Å². The van der Waals surface area contributed by atoms with Gasteiger partial charge in [0.05, 0.1) is 23.3 Å². The van der Waals surface area contributed by atoms with E-state index in [1.54, 1.807) is 0 Å². The van der Waals surface area contributed by atoms with Crippen molar-refractivity contribution >= 4 is 44.1 Å². The molecule has 5 heterocycles. The Bertz CT molecular complexity index is 3120. The van der Waals surface area contributed by atoms with Gasteiger partial charge in [0.1, 0.15) is 0 Å². The van der Waals surface area contributed by atoms with E-state index in [9.17, 15) is 0 Å². The molecule has 0 amide bonds. The van der Waals surface area contributed by atoms with Crippen molar-refractivity contribution in [2.24, 2.45) is 0 Å². The van der Waals surface area contributed by atoms with Crippen molar-refractivity contribution in [3.8, 4) is 45.6 Å². The van der Waals surface area contributed by atoms with Crippen molar-refractivity contribution in [1.29, 1.82) is 0 Å². The van der Waals surface area contributed by atoms with Crippen LogP contribution < -0.4 is 9.97 Å². The summed E-state index contributed by atoms with van der Waals surface area (Å²) in [4.78, 5) is 43.9. The molecule has 3 aromatic heterocycles. The average molecular weight is 1030 g/mol. The Kier molecular flexibility index (Phi) is 12.6. The average Bonchev–Trinajstić information content (AvgIpc) is 3.94. The maximum atomic E-state index is 5.55. The van der Waals surface area contributed by atoms with Gasteiger partial charge >= 0.3 is 19.5 Å². The van der Waals surface area contributed by atoms with Gasteiger partial charge in [0.15, 0.2) is 0 Å². The van der Waals surface area contributed by atoms with E-state index in [0.717, 1.165) is 43.8 Å². The van der Waals surface area contributed by atoms with Crippen LogP contribution >= 0.6 is 0 Å². The van der Waals surface area contributed by atoms with E-state index in [1.807, 2.05) is 0 Å². The Balaban J connectivity index is 0.00000711. The largest absolute Gasteiger partial charge is 2.00 e. The third-order valence-electron chi connectivity index (χ3n) is 14.7. The minimum atomic E-state index is -0.164. The summed E-state index contributed by atoms with van der Waals surface area (Å²) in [5.74, 6) is 2.28. The summed E-state index contributed by atoms with van der Waals surface area (Å²) in [6.07, 6.45) is 0. The molecular formula is C64H80N8Zn. The molecular weight excluding hydrogens is 946 g/mol. The Morgan fingerprint density at radius 1 is 0.233 bits per heavy atom. The van der Waals surface area contributed by atoms with Gasteiger partial charge in [0.2, 0.25) is 0 Å². The molecule has 2 aliphatic heterocycles. The minimum Gasteiger partial charge on any atom is -0.357 e. The predicted molar refractivity (Wildman–Crippen MR) is 304 cm³/mol. The molecule has 0 fully saturated rings. The summed E-state index contributed by atoms with van der Waals surface area (Å²) in [6, 6.07) is 18.5. The summed E-state index contributed by atoms with van der Waals surface area (Å²) in [5, 5.41) is 3.71. The van der Waals surface area contributed by atoms with Gasteiger partial charge in [-0.15, -0.1) is 0 Å². The van der Waals surface area contributed by atoms with Crippen LogP contribution in [0.25, 0.3) is 89.7 Å². The smallest absolute Gasteiger partial charge is 0.357 e. The maximum absolute atomic E-state index is 5.55. The van der Waals surface area contributed by atoms with Crippen molar-refractivity contribution in [2.45, 2.75) is 209 Å². The Morgan fingerprint density at radius 3 is 0.534 bits per heavy atom. The normalized spacial score (nSPS) is 13.9. The van der Waals surface area contributed by atoms with Gasteiger partial charge in [0, 0.05) is 44.8 Å². The molecule has 0 N–H and O–H groups in total. The van der Waals surface area contributed by atoms with Crippen LogP contribution in [-0.4, -0.2) is 29.9 Å². The van der Waals surface area contributed by atoms with Crippen molar-refractivity contribution in [2.75, 3.05) is 0 Å². The van der Waals surface area contributed by atoms with E-state index in [4.69, 9.17) is 39.9 Å². The van der Waals surface area contributed by atoms with Crippen LogP contribution in [0.5, 0.6) is 0 Å². The Morgan fingerprint density at radius 2 is 0.384 bits per heavy atom. The van der Waals surface area contributed by atoms with Crippen LogP contribution in [0.15, 0.2) is 48.5 Å². The van der Waals surface area contributed by atoms with E-state index in [1.165, 1.54) is 44.5 Å². The van der Waals surface area contributed by atoms with Gasteiger partial charge < -0.3 is 29.9 Å². The van der Waals surface area contributed by atoms with Crippen molar-refractivity contribution in [1.82, 2.24) is 39.9 Å². The molecule has 7 aromatic rings. The second kappa shape index (κ2) is 16.9. The second-order valence-electron chi connectivity index (χ2n) is 29.3. The number of fused-ring (bicyclic) bond motifs is 20. The molecule has 73 heavy (non-hydrogen) atoms. The topological polar surface area (TPSA) is 106 Å². The standard InChI is InChI=1S/C64H80N8.Zn/c1-57(2,3)41-25-33-34(26-42(41)58(4,5)6)50-65-49(33)69-51-35-27-43(59(7,8)9)44(60(10,11)12)28-36(35)53(66-51)71-55-39-31-47(63(19,20)21)48(64(22,23)24)32-40(39)56(68-55)72-54-38-30-46(62(16,17)18)45(61(13,14)15)29-37(38)52(67-54)70-50;/h25-32H,1-24H3;/q-2;+2. The first-order chi connectivity index (χ1) is 32.7. The summed E-state index contributed by atoms with van der Waals surface area (Å²) in [6.45, 7) is 54.9.